The van der Waals surface area contributed by atoms with Crippen LogP contribution in [0.5, 0.6) is 11.5 Å². The number of amides is 1. The molecule has 1 atom stereocenters. The van der Waals surface area contributed by atoms with Gasteiger partial charge in [-0.25, -0.2) is 0 Å². The van der Waals surface area contributed by atoms with Crippen molar-refractivity contribution in [2.24, 2.45) is 12.5 Å². The quantitative estimate of drug-likeness (QED) is 0.708. The number of aryl methyl sites for hydroxylation is 1. The molecule has 0 aliphatic carbocycles. The van der Waals surface area contributed by atoms with E-state index < -0.39 is 0 Å². The number of rotatable bonds is 6. The number of thioether (sulfide) groups is 1. The summed E-state index contributed by atoms with van der Waals surface area (Å²) in [5.41, 5.74) is 1.29. The number of carbonyl (C=O) groups is 1. The minimum Gasteiger partial charge on any atom is -0.454 e. The van der Waals surface area contributed by atoms with Crippen LogP contribution in [-0.2, 0) is 18.3 Å². The Kier molecular flexibility index (Phi) is 4.99. The third-order valence-electron chi connectivity index (χ3n) is 5.20. The number of hydrogen-bond donors (Lipinski definition) is 0. The Bertz CT molecular complexity index is 840. The highest BCUT2D eigenvalue weighted by Gasteiger charge is 2.35. The summed E-state index contributed by atoms with van der Waals surface area (Å²) in [6.45, 7) is 4.07. The first-order valence-electron chi connectivity index (χ1n) is 9.16. The predicted octanol–water partition coefficient (Wildman–Crippen LogP) is 2.51. The molecule has 4 rings (SSSR count). The number of hydrogen-bond acceptors (Lipinski definition) is 6. The van der Waals surface area contributed by atoms with E-state index in [1.807, 2.05) is 22.6 Å². The number of fused-ring (bicyclic) bond motifs is 1. The van der Waals surface area contributed by atoms with Gasteiger partial charge in [0, 0.05) is 32.3 Å². The minimum absolute atomic E-state index is 0.0665. The standard InChI is InChI=1S/C19H24N4O3S/c1-19(10-14-3-4-15-16(9-14)26-13-25-15)6-5-17(24)23(11-19)7-8-27-18-21-20-12-22(18)2/h3-4,9,12H,5-8,10-11,13H2,1-2H3. The van der Waals surface area contributed by atoms with E-state index >= 15 is 0 Å². The molecule has 1 amide bonds. The molecule has 2 aromatic rings. The summed E-state index contributed by atoms with van der Waals surface area (Å²) in [4.78, 5) is 14.4. The maximum absolute atomic E-state index is 12.4. The molecule has 7 nitrogen and oxygen atoms in total. The summed E-state index contributed by atoms with van der Waals surface area (Å²) < 4.78 is 12.8. The molecule has 0 saturated carbocycles. The zero-order valence-corrected chi connectivity index (χ0v) is 16.5. The van der Waals surface area contributed by atoms with Crippen molar-refractivity contribution in [1.29, 1.82) is 0 Å². The van der Waals surface area contributed by atoms with Crippen LogP contribution in [0.3, 0.4) is 0 Å². The normalized spacial score (nSPS) is 21.7. The molecule has 2 aliphatic heterocycles. The highest BCUT2D eigenvalue weighted by Crippen LogP contribution is 2.38. The van der Waals surface area contributed by atoms with E-state index in [9.17, 15) is 4.79 Å². The third-order valence-corrected chi connectivity index (χ3v) is 6.21. The largest absolute Gasteiger partial charge is 0.454 e. The molecule has 0 spiro atoms. The Balaban J connectivity index is 1.37. The van der Waals surface area contributed by atoms with Gasteiger partial charge >= 0.3 is 0 Å². The molecule has 1 saturated heterocycles. The zero-order valence-electron chi connectivity index (χ0n) is 15.7. The Morgan fingerprint density at radius 1 is 1.30 bits per heavy atom. The monoisotopic (exact) mass is 388 g/mol. The van der Waals surface area contributed by atoms with Gasteiger partial charge in [-0.2, -0.15) is 0 Å². The van der Waals surface area contributed by atoms with Gasteiger partial charge in [0.15, 0.2) is 16.7 Å². The van der Waals surface area contributed by atoms with E-state index in [0.717, 1.165) is 48.3 Å². The Morgan fingerprint density at radius 3 is 2.96 bits per heavy atom. The second kappa shape index (κ2) is 7.42. The zero-order chi connectivity index (χ0) is 18.9. The molecule has 3 heterocycles. The molecular formula is C19H24N4O3S. The summed E-state index contributed by atoms with van der Waals surface area (Å²) in [6.07, 6.45) is 4.13. The molecule has 144 valence electrons. The van der Waals surface area contributed by atoms with Crippen molar-refractivity contribution in [2.45, 2.75) is 31.3 Å². The van der Waals surface area contributed by atoms with E-state index in [0.29, 0.717) is 13.2 Å². The van der Waals surface area contributed by atoms with Crippen LogP contribution in [-0.4, -0.2) is 51.2 Å². The summed E-state index contributed by atoms with van der Waals surface area (Å²) in [5, 5.41) is 8.85. The van der Waals surface area contributed by atoms with Crippen molar-refractivity contribution in [2.75, 3.05) is 25.6 Å². The SMILES string of the molecule is Cn1cnnc1SCCN1CC(C)(Cc2ccc3c(c2)OCO3)CCC1=O. The lowest BCUT2D eigenvalue weighted by molar-refractivity contribution is -0.136. The molecule has 0 bridgehead atoms. The fourth-order valence-corrected chi connectivity index (χ4v) is 4.59. The number of nitrogens with zero attached hydrogens (tertiary/aromatic N) is 4. The van der Waals surface area contributed by atoms with E-state index in [1.165, 1.54) is 5.56 Å². The number of likely N-dealkylation sites (tertiary alicyclic amines) is 1. The topological polar surface area (TPSA) is 69.5 Å². The second-order valence-electron chi connectivity index (χ2n) is 7.56. The van der Waals surface area contributed by atoms with Crippen LogP contribution in [0.15, 0.2) is 29.7 Å². The number of carbonyl (C=O) groups excluding carboxylic acids is 1. The fourth-order valence-electron chi connectivity index (χ4n) is 3.74. The Hall–Kier alpha value is -2.22. The molecule has 1 fully saturated rings. The highest BCUT2D eigenvalue weighted by atomic mass is 32.2. The average molecular weight is 388 g/mol. The molecule has 1 aromatic heterocycles. The van der Waals surface area contributed by atoms with Crippen molar-refractivity contribution >= 4 is 17.7 Å². The van der Waals surface area contributed by atoms with Crippen molar-refractivity contribution in [3.05, 3.63) is 30.1 Å². The smallest absolute Gasteiger partial charge is 0.231 e. The summed E-state index contributed by atoms with van der Waals surface area (Å²) in [5.74, 6) is 2.69. The molecular weight excluding hydrogens is 364 g/mol. The second-order valence-corrected chi connectivity index (χ2v) is 8.63. The number of ether oxygens (including phenoxy) is 2. The average Bonchev–Trinajstić information content (AvgIpc) is 3.27. The van der Waals surface area contributed by atoms with Gasteiger partial charge in [-0.15, -0.1) is 10.2 Å². The van der Waals surface area contributed by atoms with Crippen molar-refractivity contribution in [3.63, 3.8) is 0 Å². The third kappa shape index (κ3) is 4.05. The first kappa shape index (κ1) is 18.2. The van der Waals surface area contributed by atoms with Gasteiger partial charge in [0.05, 0.1) is 0 Å². The van der Waals surface area contributed by atoms with Gasteiger partial charge in [0.2, 0.25) is 12.7 Å². The molecule has 0 N–H and O–H groups in total. The summed E-state index contributed by atoms with van der Waals surface area (Å²) in [7, 11) is 1.93. The van der Waals surface area contributed by atoms with E-state index in [1.54, 1.807) is 18.1 Å². The lowest BCUT2D eigenvalue weighted by Gasteiger charge is -2.40. The van der Waals surface area contributed by atoms with Gasteiger partial charge in [-0.05, 0) is 36.0 Å². The first-order valence-corrected chi connectivity index (χ1v) is 10.1. The van der Waals surface area contributed by atoms with Crippen LogP contribution in [0.25, 0.3) is 0 Å². The number of aromatic nitrogens is 3. The van der Waals surface area contributed by atoms with Crippen LogP contribution in [0.2, 0.25) is 0 Å². The Morgan fingerprint density at radius 2 is 2.15 bits per heavy atom. The Labute approximate surface area is 163 Å². The van der Waals surface area contributed by atoms with Crippen LogP contribution in [0, 0.1) is 5.41 Å². The van der Waals surface area contributed by atoms with Gasteiger partial charge in [0.1, 0.15) is 6.33 Å². The molecule has 8 heteroatoms. The molecule has 1 unspecified atom stereocenters. The van der Waals surface area contributed by atoms with Crippen LogP contribution in [0.1, 0.15) is 25.3 Å². The fraction of sp³-hybridized carbons (Fsp3) is 0.526. The maximum atomic E-state index is 12.4. The molecule has 2 aliphatic rings. The van der Waals surface area contributed by atoms with Crippen LogP contribution in [0.4, 0.5) is 0 Å². The first-order chi connectivity index (χ1) is 13.0. The van der Waals surface area contributed by atoms with Crippen LogP contribution >= 0.6 is 11.8 Å². The van der Waals surface area contributed by atoms with Gasteiger partial charge in [-0.3, -0.25) is 4.79 Å². The maximum Gasteiger partial charge on any atom is 0.231 e. The molecule has 0 radical (unpaired) electrons. The van der Waals surface area contributed by atoms with Crippen molar-refractivity contribution in [3.8, 4) is 11.5 Å². The van der Waals surface area contributed by atoms with Gasteiger partial charge < -0.3 is 18.9 Å². The van der Waals surface area contributed by atoms with E-state index in [-0.39, 0.29) is 11.3 Å². The number of benzene rings is 1. The lowest BCUT2D eigenvalue weighted by atomic mass is 9.76. The predicted molar refractivity (Wildman–Crippen MR) is 102 cm³/mol. The summed E-state index contributed by atoms with van der Waals surface area (Å²) in [6, 6.07) is 6.14. The van der Waals surface area contributed by atoms with Crippen molar-refractivity contribution in [1.82, 2.24) is 19.7 Å². The van der Waals surface area contributed by atoms with E-state index in [2.05, 4.69) is 29.3 Å². The van der Waals surface area contributed by atoms with E-state index in [4.69, 9.17) is 9.47 Å². The number of piperidine rings is 1. The minimum atomic E-state index is 0.0665. The van der Waals surface area contributed by atoms with Gasteiger partial charge in [0.25, 0.3) is 0 Å². The van der Waals surface area contributed by atoms with Crippen LogP contribution < -0.4 is 9.47 Å². The van der Waals surface area contributed by atoms with Crippen molar-refractivity contribution < 1.29 is 14.3 Å². The molecule has 1 aromatic carbocycles. The lowest BCUT2D eigenvalue weighted by Crippen LogP contribution is -2.47. The summed E-state index contributed by atoms with van der Waals surface area (Å²) >= 11 is 1.63. The van der Waals surface area contributed by atoms with Gasteiger partial charge in [-0.1, -0.05) is 24.8 Å². The molecule has 27 heavy (non-hydrogen) atoms. The highest BCUT2D eigenvalue weighted by molar-refractivity contribution is 7.99.